The molecule has 3 rings (SSSR count). The summed E-state index contributed by atoms with van der Waals surface area (Å²) < 4.78 is 15.9. The average Bonchev–Trinajstić information content (AvgIpc) is 3.26. The monoisotopic (exact) mass is 518 g/mol. The maximum Gasteiger partial charge on any atom is 0.410 e. The quantitative estimate of drug-likeness (QED) is 0.254. The number of aliphatic hydroxyl groups is 1. The molecule has 1 aliphatic rings. The normalized spacial score (nSPS) is 16.7. The number of β-amino-alcohol motifs (C(OH)–C–C–N with tert-alkyl or cyclic N) is 1. The van der Waals surface area contributed by atoms with Crippen LogP contribution in [0.15, 0.2) is 48.5 Å². The number of aliphatic hydroxyl groups excluding tert-OH is 1. The van der Waals surface area contributed by atoms with E-state index in [9.17, 15) is 34.9 Å². The second-order valence-electron chi connectivity index (χ2n) is 8.18. The smallest absolute Gasteiger partial charge is 0.410 e. The first kappa shape index (κ1) is 27.3. The summed E-state index contributed by atoms with van der Waals surface area (Å²) in [6.07, 6.45) is -1.75. The third-order valence-electron chi connectivity index (χ3n) is 5.48. The minimum absolute atomic E-state index is 0.0540. The van der Waals surface area contributed by atoms with E-state index in [1.165, 1.54) is 53.4 Å². The van der Waals surface area contributed by atoms with Gasteiger partial charge in [-0.05, 0) is 41.8 Å². The summed E-state index contributed by atoms with van der Waals surface area (Å²) in [6, 6.07) is 10.8. The molecule has 0 spiro atoms. The lowest BCUT2D eigenvalue weighted by atomic mass is 10.2. The van der Waals surface area contributed by atoms with Crippen molar-refractivity contribution in [2.24, 2.45) is 0 Å². The van der Waals surface area contributed by atoms with Crippen LogP contribution in [-0.4, -0.2) is 70.5 Å². The van der Waals surface area contributed by atoms with Crippen molar-refractivity contribution in [3.05, 3.63) is 79.9 Å². The van der Waals surface area contributed by atoms with Crippen LogP contribution in [0, 0.1) is 20.2 Å². The van der Waals surface area contributed by atoms with Crippen LogP contribution in [0.1, 0.15) is 17.5 Å². The lowest BCUT2D eigenvalue weighted by Crippen LogP contribution is -2.39. The standard InChI is InChI=1S/C23H26N4O10/c28-21-11-20(25(12-21)23(30)37-14-17-3-7-19(8-4-17)27(33)34)15-35-10-9-24-22(29)36-13-16-1-5-18(6-2-16)26(31)32/h1-8,20-21,28H,9-15H2,(H,24,29)/t20-,21+/m0/s1. The summed E-state index contributed by atoms with van der Waals surface area (Å²) in [5, 5.41) is 33.9. The summed E-state index contributed by atoms with van der Waals surface area (Å²) in [7, 11) is 0. The number of rotatable bonds is 11. The highest BCUT2D eigenvalue weighted by Gasteiger charge is 2.35. The van der Waals surface area contributed by atoms with Crippen LogP contribution in [0.4, 0.5) is 21.0 Å². The van der Waals surface area contributed by atoms with Crippen molar-refractivity contribution >= 4 is 23.6 Å². The summed E-state index contributed by atoms with van der Waals surface area (Å²) in [5.41, 5.74) is 1.05. The van der Waals surface area contributed by atoms with Crippen molar-refractivity contribution < 1.29 is 38.8 Å². The van der Waals surface area contributed by atoms with Crippen molar-refractivity contribution in [3.8, 4) is 0 Å². The van der Waals surface area contributed by atoms with Crippen molar-refractivity contribution in [2.75, 3.05) is 26.3 Å². The molecule has 2 aromatic rings. The predicted molar refractivity (Wildman–Crippen MR) is 127 cm³/mol. The number of alkyl carbamates (subject to hydrolysis) is 1. The number of ether oxygens (including phenoxy) is 3. The SMILES string of the molecule is O=C(NCCOC[C@@H]1C[C@@H](O)CN1C(=O)OCc1ccc([N+](=O)[O-])cc1)OCc1ccc([N+](=O)[O-])cc1. The van der Waals surface area contributed by atoms with Gasteiger partial charge in [-0.1, -0.05) is 0 Å². The van der Waals surface area contributed by atoms with Gasteiger partial charge in [-0.2, -0.15) is 0 Å². The Balaban J connectivity index is 1.33. The van der Waals surface area contributed by atoms with E-state index in [4.69, 9.17) is 14.2 Å². The molecule has 1 fully saturated rings. The van der Waals surface area contributed by atoms with Crippen LogP contribution in [0.25, 0.3) is 0 Å². The van der Waals surface area contributed by atoms with Crippen LogP contribution in [-0.2, 0) is 27.4 Å². The van der Waals surface area contributed by atoms with Gasteiger partial charge >= 0.3 is 12.2 Å². The molecular weight excluding hydrogens is 492 g/mol. The van der Waals surface area contributed by atoms with Gasteiger partial charge in [-0.15, -0.1) is 0 Å². The highest BCUT2D eigenvalue weighted by molar-refractivity contribution is 5.68. The minimum Gasteiger partial charge on any atom is -0.445 e. The number of nitro benzene ring substituents is 2. The van der Waals surface area contributed by atoms with E-state index in [2.05, 4.69) is 5.32 Å². The van der Waals surface area contributed by atoms with Crippen LogP contribution in [0.2, 0.25) is 0 Å². The van der Waals surface area contributed by atoms with Crippen molar-refractivity contribution in [2.45, 2.75) is 31.8 Å². The van der Waals surface area contributed by atoms with Gasteiger partial charge in [0, 0.05) is 30.8 Å². The number of hydrogen-bond donors (Lipinski definition) is 2. The van der Waals surface area contributed by atoms with Crippen LogP contribution in [0.3, 0.4) is 0 Å². The predicted octanol–water partition coefficient (Wildman–Crippen LogP) is 2.52. The number of nitrogens with zero attached hydrogens (tertiary/aromatic N) is 3. The topological polar surface area (TPSA) is 184 Å². The van der Waals surface area contributed by atoms with Gasteiger partial charge in [-0.25, -0.2) is 9.59 Å². The van der Waals surface area contributed by atoms with Crippen molar-refractivity contribution in [1.82, 2.24) is 10.2 Å². The summed E-state index contributed by atoms with van der Waals surface area (Å²) in [6.45, 7) is 0.331. The molecule has 2 N–H and O–H groups in total. The number of carbonyl (C=O) groups is 2. The van der Waals surface area contributed by atoms with Crippen molar-refractivity contribution in [1.29, 1.82) is 0 Å². The number of benzene rings is 2. The minimum atomic E-state index is -0.729. The number of hydrogen-bond acceptors (Lipinski definition) is 10. The Labute approximate surface area is 211 Å². The van der Waals surface area contributed by atoms with Crippen molar-refractivity contribution in [3.63, 3.8) is 0 Å². The molecular formula is C23H26N4O10. The van der Waals surface area contributed by atoms with Gasteiger partial charge in [0.15, 0.2) is 0 Å². The molecule has 0 bridgehead atoms. The zero-order chi connectivity index (χ0) is 26.8. The van der Waals surface area contributed by atoms with Gasteiger partial charge in [0.05, 0.1) is 41.8 Å². The van der Waals surface area contributed by atoms with Gasteiger partial charge in [0.25, 0.3) is 11.4 Å². The highest BCUT2D eigenvalue weighted by atomic mass is 16.6. The third kappa shape index (κ3) is 8.40. The van der Waals surface area contributed by atoms with Gasteiger partial charge < -0.3 is 29.5 Å². The molecule has 14 nitrogen and oxygen atoms in total. The molecule has 1 aliphatic heterocycles. The van der Waals surface area contributed by atoms with Gasteiger partial charge in [-0.3, -0.25) is 20.2 Å². The molecule has 2 atom stereocenters. The Hall–Kier alpha value is -4.30. The number of amides is 2. The summed E-state index contributed by atoms with van der Waals surface area (Å²) in [5.74, 6) is 0. The number of carbonyl (C=O) groups excluding carboxylic acids is 2. The molecule has 0 saturated carbocycles. The molecule has 198 valence electrons. The fraction of sp³-hybridized carbons (Fsp3) is 0.391. The van der Waals surface area contributed by atoms with E-state index in [0.29, 0.717) is 17.5 Å². The average molecular weight is 518 g/mol. The van der Waals surface area contributed by atoms with Gasteiger partial charge in [0.1, 0.15) is 13.2 Å². The van der Waals surface area contributed by atoms with E-state index in [-0.39, 0.29) is 50.9 Å². The maximum absolute atomic E-state index is 12.5. The Morgan fingerprint density at radius 3 is 2.03 bits per heavy atom. The lowest BCUT2D eigenvalue weighted by Gasteiger charge is -2.23. The molecule has 2 aromatic carbocycles. The lowest BCUT2D eigenvalue weighted by molar-refractivity contribution is -0.385. The molecule has 1 saturated heterocycles. The largest absolute Gasteiger partial charge is 0.445 e. The molecule has 37 heavy (non-hydrogen) atoms. The van der Waals surface area contributed by atoms with E-state index in [0.717, 1.165) is 0 Å². The third-order valence-corrected chi connectivity index (χ3v) is 5.48. The van der Waals surface area contributed by atoms with Gasteiger partial charge in [0.2, 0.25) is 0 Å². The maximum atomic E-state index is 12.5. The molecule has 0 aliphatic carbocycles. The molecule has 2 amide bonds. The number of likely N-dealkylation sites (tertiary alicyclic amines) is 1. The molecule has 0 aromatic heterocycles. The van der Waals surface area contributed by atoms with E-state index >= 15 is 0 Å². The summed E-state index contributed by atoms with van der Waals surface area (Å²) in [4.78, 5) is 46.0. The molecule has 14 heteroatoms. The van der Waals surface area contributed by atoms with E-state index < -0.39 is 34.2 Å². The first-order chi connectivity index (χ1) is 17.7. The molecule has 0 radical (unpaired) electrons. The first-order valence-electron chi connectivity index (χ1n) is 11.3. The fourth-order valence-electron chi connectivity index (χ4n) is 3.57. The number of nitro groups is 2. The number of non-ortho nitro benzene ring substituents is 2. The Morgan fingerprint density at radius 2 is 1.49 bits per heavy atom. The number of nitrogens with one attached hydrogen (secondary N) is 1. The van der Waals surface area contributed by atoms with Crippen LogP contribution in [0.5, 0.6) is 0 Å². The zero-order valence-corrected chi connectivity index (χ0v) is 19.7. The molecule has 1 heterocycles. The second kappa shape index (κ2) is 13.1. The zero-order valence-electron chi connectivity index (χ0n) is 19.7. The highest BCUT2D eigenvalue weighted by Crippen LogP contribution is 2.20. The van der Waals surface area contributed by atoms with E-state index in [1.807, 2.05) is 0 Å². The second-order valence-corrected chi connectivity index (χ2v) is 8.18. The van der Waals surface area contributed by atoms with Crippen LogP contribution < -0.4 is 5.32 Å². The molecule has 0 unspecified atom stereocenters. The summed E-state index contributed by atoms with van der Waals surface area (Å²) >= 11 is 0. The Kier molecular flexibility index (Phi) is 9.69. The fourth-order valence-corrected chi connectivity index (χ4v) is 3.57. The van der Waals surface area contributed by atoms with Crippen LogP contribution >= 0.6 is 0 Å². The first-order valence-corrected chi connectivity index (χ1v) is 11.3. The Bertz CT molecular complexity index is 1090. The Morgan fingerprint density at radius 1 is 0.946 bits per heavy atom. The van der Waals surface area contributed by atoms with E-state index in [1.54, 1.807) is 0 Å².